The molecule has 1 aromatic carbocycles. The van der Waals surface area contributed by atoms with Crippen molar-refractivity contribution >= 4 is 28.4 Å². The number of amides is 1. The third kappa shape index (κ3) is 3.87. The van der Waals surface area contributed by atoms with Gasteiger partial charge < -0.3 is 10.6 Å². The van der Waals surface area contributed by atoms with Gasteiger partial charge in [-0.1, -0.05) is 24.3 Å². The van der Waals surface area contributed by atoms with Gasteiger partial charge in [0.25, 0.3) is 5.91 Å². The molecule has 3 aromatic heterocycles. The van der Waals surface area contributed by atoms with Crippen LogP contribution in [0.3, 0.4) is 0 Å². The van der Waals surface area contributed by atoms with Crippen LogP contribution in [0, 0.1) is 0 Å². The summed E-state index contributed by atoms with van der Waals surface area (Å²) in [6.45, 7) is 0.349. The van der Waals surface area contributed by atoms with E-state index in [1.165, 1.54) is 12.4 Å². The molecular weight excluding hydrogens is 340 g/mol. The van der Waals surface area contributed by atoms with Crippen molar-refractivity contribution < 1.29 is 4.79 Å². The average molecular weight is 356 g/mol. The maximum atomic E-state index is 12.2. The molecule has 0 aliphatic rings. The van der Waals surface area contributed by atoms with Gasteiger partial charge in [-0.15, -0.1) is 0 Å². The third-order valence-corrected chi connectivity index (χ3v) is 3.95. The molecule has 0 saturated heterocycles. The van der Waals surface area contributed by atoms with Gasteiger partial charge in [-0.2, -0.15) is 0 Å². The van der Waals surface area contributed by atoms with E-state index in [1.54, 1.807) is 12.4 Å². The molecule has 7 nitrogen and oxygen atoms in total. The highest BCUT2D eigenvalue weighted by Crippen LogP contribution is 2.22. The highest BCUT2D eigenvalue weighted by molar-refractivity contribution is 5.94. The van der Waals surface area contributed by atoms with Gasteiger partial charge >= 0.3 is 0 Å². The monoisotopic (exact) mass is 356 g/mol. The van der Waals surface area contributed by atoms with Crippen molar-refractivity contribution in [2.45, 2.75) is 6.54 Å². The number of aromatic nitrogens is 4. The number of para-hydroxylation sites is 1. The summed E-state index contributed by atoms with van der Waals surface area (Å²) in [6.07, 6.45) is 6.40. The minimum absolute atomic E-state index is 0.251. The molecule has 0 spiro atoms. The van der Waals surface area contributed by atoms with Crippen LogP contribution in [-0.4, -0.2) is 25.8 Å². The summed E-state index contributed by atoms with van der Waals surface area (Å²) in [5.74, 6) is 0.147. The van der Waals surface area contributed by atoms with E-state index < -0.39 is 0 Å². The predicted molar refractivity (Wildman–Crippen MR) is 102 cm³/mol. The summed E-state index contributed by atoms with van der Waals surface area (Å²) >= 11 is 0. The molecule has 0 aliphatic heterocycles. The maximum Gasteiger partial charge on any atom is 0.254 e. The Morgan fingerprint density at radius 2 is 1.67 bits per heavy atom. The molecule has 27 heavy (non-hydrogen) atoms. The second kappa shape index (κ2) is 7.57. The van der Waals surface area contributed by atoms with Crippen molar-refractivity contribution in [1.29, 1.82) is 0 Å². The number of carbonyl (C=O) groups is 1. The Morgan fingerprint density at radius 3 is 2.48 bits per heavy atom. The number of carbonyl (C=O) groups excluding carboxylic acids is 1. The molecule has 1 amide bonds. The van der Waals surface area contributed by atoms with Crippen LogP contribution in [-0.2, 0) is 6.54 Å². The topological polar surface area (TPSA) is 92.7 Å². The van der Waals surface area contributed by atoms with Gasteiger partial charge in [0.1, 0.15) is 0 Å². The number of anilines is 2. The molecule has 4 rings (SSSR count). The molecule has 0 aliphatic carbocycles. The zero-order valence-corrected chi connectivity index (χ0v) is 14.3. The summed E-state index contributed by atoms with van der Waals surface area (Å²) in [4.78, 5) is 29.2. The first-order chi connectivity index (χ1) is 13.3. The van der Waals surface area contributed by atoms with Gasteiger partial charge in [-0.25, -0.2) is 9.97 Å². The number of nitrogens with one attached hydrogen (secondary N) is 2. The van der Waals surface area contributed by atoms with Gasteiger partial charge in [0.2, 0.25) is 5.95 Å². The van der Waals surface area contributed by atoms with E-state index in [-0.39, 0.29) is 5.91 Å². The smallest absolute Gasteiger partial charge is 0.254 e. The summed E-state index contributed by atoms with van der Waals surface area (Å²) in [7, 11) is 0. The number of fused-ring (bicyclic) bond motifs is 1. The van der Waals surface area contributed by atoms with Crippen molar-refractivity contribution in [3.05, 3.63) is 84.6 Å². The van der Waals surface area contributed by atoms with Crippen molar-refractivity contribution in [2.75, 3.05) is 5.32 Å². The van der Waals surface area contributed by atoms with Gasteiger partial charge in [-0.05, 0) is 24.3 Å². The summed E-state index contributed by atoms with van der Waals surface area (Å²) in [6, 6.07) is 15.3. The second-order valence-electron chi connectivity index (χ2n) is 5.80. The Hall–Kier alpha value is -3.87. The van der Waals surface area contributed by atoms with Crippen molar-refractivity contribution in [3.8, 4) is 0 Å². The van der Waals surface area contributed by atoms with Crippen LogP contribution < -0.4 is 10.6 Å². The summed E-state index contributed by atoms with van der Waals surface area (Å²) in [5, 5.41) is 6.96. The fraction of sp³-hybridized carbons (Fsp3) is 0.0500. The molecule has 0 atom stereocenters. The number of pyridine rings is 2. The van der Waals surface area contributed by atoms with E-state index in [0.29, 0.717) is 18.1 Å². The standard InChI is InChI=1S/C20H16N6O/c27-19(23-13-16-7-1-2-9-21-16)15-11-24-20(25-12-15)26-17-8-3-5-14-6-4-10-22-18(14)17/h1-12H,13H2,(H,23,27)(H,24,25,26). The first-order valence-electron chi connectivity index (χ1n) is 8.40. The molecule has 0 saturated carbocycles. The Labute approximate surface area is 155 Å². The molecular formula is C20H16N6O. The largest absolute Gasteiger partial charge is 0.346 e. The van der Waals surface area contributed by atoms with E-state index in [9.17, 15) is 4.79 Å². The summed E-state index contributed by atoms with van der Waals surface area (Å²) < 4.78 is 0. The molecule has 132 valence electrons. The lowest BCUT2D eigenvalue weighted by Gasteiger charge is -2.08. The zero-order chi connectivity index (χ0) is 18.5. The van der Waals surface area contributed by atoms with Gasteiger partial charge in [0, 0.05) is 30.2 Å². The SMILES string of the molecule is O=C(NCc1ccccn1)c1cnc(Nc2cccc3cccnc23)nc1. The molecule has 0 unspecified atom stereocenters. The Morgan fingerprint density at radius 1 is 0.852 bits per heavy atom. The highest BCUT2D eigenvalue weighted by Gasteiger charge is 2.08. The quantitative estimate of drug-likeness (QED) is 0.571. The fourth-order valence-electron chi connectivity index (χ4n) is 2.61. The second-order valence-corrected chi connectivity index (χ2v) is 5.80. The molecule has 0 fully saturated rings. The van der Waals surface area contributed by atoms with Crippen LogP contribution in [0.4, 0.5) is 11.6 Å². The van der Waals surface area contributed by atoms with Crippen molar-refractivity contribution in [1.82, 2.24) is 25.3 Å². The van der Waals surface area contributed by atoms with Crippen molar-refractivity contribution in [3.63, 3.8) is 0 Å². The van der Waals surface area contributed by atoms with Crippen molar-refractivity contribution in [2.24, 2.45) is 0 Å². The van der Waals surface area contributed by atoms with Gasteiger partial charge in [0.15, 0.2) is 0 Å². The third-order valence-electron chi connectivity index (χ3n) is 3.95. The Balaban J connectivity index is 1.45. The van der Waals surface area contributed by atoms with E-state index >= 15 is 0 Å². The average Bonchev–Trinajstić information content (AvgIpc) is 2.74. The van der Waals surface area contributed by atoms with Crippen LogP contribution in [0.15, 0.2) is 73.3 Å². The molecule has 2 N–H and O–H groups in total. The number of rotatable bonds is 5. The summed E-state index contributed by atoms with van der Waals surface area (Å²) in [5.41, 5.74) is 2.81. The molecule has 7 heteroatoms. The highest BCUT2D eigenvalue weighted by atomic mass is 16.1. The van der Waals surface area contributed by atoms with E-state index in [0.717, 1.165) is 22.3 Å². The lowest BCUT2D eigenvalue weighted by Crippen LogP contribution is -2.23. The molecule has 0 bridgehead atoms. The minimum atomic E-state index is -0.251. The molecule has 0 radical (unpaired) electrons. The van der Waals surface area contributed by atoms with E-state index in [2.05, 4.69) is 30.6 Å². The van der Waals surface area contributed by atoms with E-state index in [1.807, 2.05) is 48.5 Å². The molecule has 4 aromatic rings. The van der Waals surface area contributed by atoms with Crippen LogP contribution in [0.5, 0.6) is 0 Å². The lowest BCUT2D eigenvalue weighted by atomic mass is 10.2. The number of hydrogen-bond acceptors (Lipinski definition) is 6. The first-order valence-corrected chi connectivity index (χ1v) is 8.40. The normalized spacial score (nSPS) is 10.5. The van der Waals surface area contributed by atoms with Gasteiger partial charge in [0.05, 0.1) is 29.0 Å². The zero-order valence-electron chi connectivity index (χ0n) is 14.3. The van der Waals surface area contributed by atoms with Crippen LogP contribution in [0.2, 0.25) is 0 Å². The number of benzene rings is 1. The Kier molecular flexibility index (Phi) is 4.65. The van der Waals surface area contributed by atoms with E-state index in [4.69, 9.17) is 0 Å². The van der Waals surface area contributed by atoms with Crippen LogP contribution >= 0.6 is 0 Å². The predicted octanol–water partition coefficient (Wildman–Crippen LogP) is 3.09. The maximum absolute atomic E-state index is 12.2. The Bertz CT molecular complexity index is 1060. The van der Waals surface area contributed by atoms with Crippen LogP contribution in [0.1, 0.15) is 16.1 Å². The number of hydrogen-bond donors (Lipinski definition) is 2. The number of nitrogens with zero attached hydrogens (tertiary/aromatic N) is 4. The molecule has 3 heterocycles. The van der Waals surface area contributed by atoms with Gasteiger partial charge in [-0.3, -0.25) is 14.8 Å². The fourth-order valence-corrected chi connectivity index (χ4v) is 2.61. The van der Waals surface area contributed by atoms with Crippen LogP contribution in [0.25, 0.3) is 10.9 Å². The minimum Gasteiger partial charge on any atom is -0.346 e. The first kappa shape index (κ1) is 16.6. The lowest BCUT2D eigenvalue weighted by molar-refractivity contribution is 0.0949.